The molecule has 0 aromatic heterocycles. The summed E-state index contributed by atoms with van der Waals surface area (Å²) in [5.41, 5.74) is 6.87. The van der Waals surface area contributed by atoms with Crippen molar-refractivity contribution in [2.45, 2.75) is 19.8 Å². The van der Waals surface area contributed by atoms with E-state index in [4.69, 9.17) is 15.2 Å². The molecule has 1 atom stereocenters. The standard InChI is InChI=1S/C15H19N3O4.ClH/c1-9(19)18-4-2-3-10(7-18)15(20)17-12-6-14-13(5-11(12)16)21-8-22-14;/h5-6,10H,2-4,7-8,16H2,1H3,(H,17,20);1H. The molecule has 23 heavy (non-hydrogen) atoms. The Kier molecular flexibility index (Phi) is 5.20. The van der Waals surface area contributed by atoms with E-state index in [1.165, 1.54) is 6.92 Å². The number of nitrogens with two attached hydrogens (primary N) is 1. The highest BCUT2D eigenvalue weighted by Crippen LogP contribution is 2.38. The first-order valence-corrected chi connectivity index (χ1v) is 7.30. The van der Waals surface area contributed by atoms with E-state index < -0.39 is 0 Å². The number of nitrogens with one attached hydrogen (secondary N) is 1. The van der Waals surface area contributed by atoms with Crippen LogP contribution in [0.1, 0.15) is 19.8 Å². The minimum atomic E-state index is -0.220. The van der Waals surface area contributed by atoms with Gasteiger partial charge in [0.25, 0.3) is 0 Å². The monoisotopic (exact) mass is 341 g/mol. The largest absolute Gasteiger partial charge is 0.454 e. The van der Waals surface area contributed by atoms with Crippen LogP contribution in [0.2, 0.25) is 0 Å². The molecule has 1 fully saturated rings. The Morgan fingerprint density at radius 3 is 2.70 bits per heavy atom. The Labute approximate surface area is 140 Å². The molecule has 0 bridgehead atoms. The van der Waals surface area contributed by atoms with Crippen molar-refractivity contribution in [2.24, 2.45) is 5.92 Å². The molecule has 1 aromatic carbocycles. The number of rotatable bonds is 2. The predicted molar refractivity (Wildman–Crippen MR) is 87.8 cm³/mol. The minimum Gasteiger partial charge on any atom is -0.454 e. The summed E-state index contributed by atoms with van der Waals surface area (Å²) in [6, 6.07) is 3.31. The topological polar surface area (TPSA) is 93.9 Å². The van der Waals surface area contributed by atoms with Gasteiger partial charge >= 0.3 is 0 Å². The zero-order chi connectivity index (χ0) is 15.7. The fraction of sp³-hybridized carbons (Fsp3) is 0.467. The molecule has 1 saturated heterocycles. The maximum absolute atomic E-state index is 12.4. The average Bonchev–Trinajstić information content (AvgIpc) is 2.94. The maximum atomic E-state index is 12.4. The van der Waals surface area contributed by atoms with E-state index in [9.17, 15) is 9.59 Å². The summed E-state index contributed by atoms with van der Waals surface area (Å²) < 4.78 is 10.5. The van der Waals surface area contributed by atoms with E-state index >= 15 is 0 Å². The molecule has 0 aliphatic carbocycles. The summed E-state index contributed by atoms with van der Waals surface area (Å²) in [5, 5.41) is 2.83. The first-order chi connectivity index (χ1) is 10.5. The van der Waals surface area contributed by atoms with E-state index in [1.807, 2.05) is 0 Å². The van der Waals surface area contributed by atoms with Crippen molar-refractivity contribution in [1.29, 1.82) is 0 Å². The van der Waals surface area contributed by atoms with Gasteiger partial charge in [-0.25, -0.2) is 0 Å². The summed E-state index contributed by atoms with van der Waals surface area (Å²) >= 11 is 0. The number of ether oxygens (including phenoxy) is 2. The number of carbonyl (C=O) groups is 2. The molecule has 7 nitrogen and oxygen atoms in total. The lowest BCUT2D eigenvalue weighted by Gasteiger charge is -2.31. The number of amides is 2. The third-order valence-corrected chi connectivity index (χ3v) is 4.04. The van der Waals surface area contributed by atoms with Crippen molar-refractivity contribution >= 4 is 35.6 Å². The van der Waals surface area contributed by atoms with Crippen molar-refractivity contribution in [3.05, 3.63) is 12.1 Å². The van der Waals surface area contributed by atoms with Crippen LogP contribution in [-0.4, -0.2) is 36.6 Å². The van der Waals surface area contributed by atoms with E-state index in [1.54, 1.807) is 17.0 Å². The Balaban J connectivity index is 0.00000192. The quantitative estimate of drug-likeness (QED) is 0.797. The predicted octanol–water partition coefficient (Wildman–Crippen LogP) is 1.62. The fourth-order valence-corrected chi connectivity index (χ4v) is 2.78. The molecule has 2 aliphatic heterocycles. The van der Waals surface area contributed by atoms with Crippen LogP contribution in [0.5, 0.6) is 11.5 Å². The first kappa shape index (κ1) is 17.2. The minimum absolute atomic E-state index is 0. The third-order valence-electron chi connectivity index (χ3n) is 4.04. The number of likely N-dealkylation sites (tertiary alicyclic amines) is 1. The second-order valence-electron chi connectivity index (χ2n) is 5.59. The number of anilines is 2. The molecule has 0 spiro atoms. The third kappa shape index (κ3) is 3.61. The molecule has 2 aliphatic rings. The molecule has 0 saturated carbocycles. The summed E-state index contributed by atoms with van der Waals surface area (Å²) in [7, 11) is 0. The molecule has 3 N–H and O–H groups in total. The molecule has 0 radical (unpaired) electrons. The van der Waals surface area contributed by atoms with Gasteiger partial charge in [0.2, 0.25) is 18.6 Å². The highest BCUT2D eigenvalue weighted by Gasteiger charge is 2.28. The van der Waals surface area contributed by atoms with Crippen LogP contribution in [0.15, 0.2) is 12.1 Å². The van der Waals surface area contributed by atoms with E-state index in [-0.39, 0.29) is 36.9 Å². The molecule has 3 rings (SSSR count). The molecule has 2 amide bonds. The lowest BCUT2D eigenvalue weighted by molar-refractivity contribution is -0.132. The van der Waals surface area contributed by atoms with Gasteiger partial charge in [0.05, 0.1) is 17.3 Å². The van der Waals surface area contributed by atoms with Gasteiger partial charge in [0, 0.05) is 32.1 Å². The summed E-state index contributed by atoms with van der Waals surface area (Å²) in [4.78, 5) is 25.6. The van der Waals surface area contributed by atoms with Crippen LogP contribution in [0, 0.1) is 5.92 Å². The average molecular weight is 342 g/mol. The van der Waals surface area contributed by atoms with Gasteiger partial charge in [-0.2, -0.15) is 0 Å². The number of hydrogen-bond acceptors (Lipinski definition) is 5. The van der Waals surface area contributed by atoms with Gasteiger partial charge in [-0.1, -0.05) is 0 Å². The lowest BCUT2D eigenvalue weighted by Crippen LogP contribution is -2.42. The SMILES string of the molecule is CC(=O)N1CCCC(C(=O)Nc2cc3c(cc2N)OCO3)C1.Cl. The van der Waals surface area contributed by atoms with Crippen LogP contribution >= 0.6 is 12.4 Å². The van der Waals surface area contributed by atoms with Gasteiger partial charge in [0.1, 0.15) is 0 Å². The van der Waals surface area contributed by atoms with Crippen LogP contribution in [0.3, 0.4) is 0 Å². The number of carbonyl (C=O) groups excluding carboxylic acids is 2. The van der Waals surface area contributed by atoms with E-state index in [0.29, 0.717) is 36.0 Å². The van der Waals surface area contributed by atoms with Crippen LogP contribution < -0.4 is 20.5 Å². The van der Waals surface area contributed by atoms with Crippen LogP contribution in [0.4, 0.5) is 11.4 Å². The fourth-order valence-electron chi connectivity index (χ4n) is 2.78. The summed E-state index contributed by atoms with van der Waals surface area (Å²) in [5.74, 6) is 0.800. The second-order valence-corrected chi connectivity index (χ2v) is 5.59. The maximum Gasteiger partial charge on any atom is 0.231 e. The second kappa shape index (κ2) is 6.95. The molecular weight excluding hydrogens is 322 g/mol. The number of fused-ring (bicyclic) bond motifs is 1. The molecule has 1 unspecified atom stereocenters. The van der Waals surface area contributed by atoms with Crippen molar-refractivity contribution in [2.75, 3.05) is 30.9 Å². The number of hydrogen-bond donors (Lipinski definition) is 2. The van der Waals surface area contributed by atoms with E-state index in [0.717, 1.165) is 12.8 Å². The first-order valence-electron chi connectivity index (χ1n) is 7.30. The van der Waals surface area contributed by atoms with Crippen molar-refractivity contribution in [3.63, 3.8) is 0 Å². The van der Waals surface area contributed by atoms with Gasteiger partial charge in [0.15, 0.2) is 11.5 Å². The number of nitrogens with zero attached hydrogens (tertiary/aromatic N) is 1. The summed E-state index contributed by atoms with van der Waals surface area (Å²) in [6.45, 7) is 2.84. The van der Waals surface area contributed by atoms with Crippen molar-refractivity contribution in [3.8, 4) is 11.5 Å². The lowest BCUT2D eigenvalue weighted by atomic mass is 9.97. The van der Waals surface area contributed by atoms with Gasteiger partial charge < -0.3 is 25.4 Å². The molecule has 8 heteroatoms. The highest BCUT2D eigenvalue weighted by molar-refractivity contribution is 5.96. The number of nitrogen functional groups attached to an aromatic ring is 1. The Morgan fingerprint density at radius 1 is 1.30 bits per heavy atom. The van der Waals surface area contributed by atoms with Gasteiger partial charge in [-0.15, -0.1) is 12.4 Å². The number of halogens is 1. The zero-order valence-corrected chi connectivity index (χ0v) is 13.6. The molecule has 126 valence electrons. The van der Waals surface area contributed by atoms with Crippen molar-refractivity contribution in [1.82, 2.24) is 4.90 Å². The smallest absolute Gasteiger partial charge is 0.231 e. The summed E-state index contributed by atoms with van der Waals surface area (Å²) in [6.07, 6.45) is 1.59. The normalized spacial score (nSPS) is 19.0. The molecule has 2 heterocycles. The Bertz CT molecular complexity index is 623. The highest BCUT2D eigenvalue weighted by atomic mass is 35.5. The van der Waals surface area contributed by atoms with Gasteiger partial charge in [-0.3, -0.25) is 9.59 Å². The molecule has 1 aromatic rings. The number of piperidine rings is 1. The van der Waals surface area contributed by atoms with Crippen LogP contribution in [-0.2, 0) is 9.59 Å². The zero-order valence-electron chi connectivity index (χ0n) is 12.8. The van der Waals surface area contributed by atoms with E-state index in [2.05, 4.69) is 5.32 Å². The van der Waals surface area contributed by atoms with Crippen LogP contribution in [0.25, 0.3) is 0 Å². The molecular formula is C15H20ClN3O4. The van der Waals surface area contributed by atoms with Gasteiger partial charge in [-0.05, 0) is 12.8 Å². The Morgan fingerprint density at radius 2 is 2.00 bits per heavy atom. The Hall–Kier alpha value is -2.15. The number of benzene rings is 1. The van der Waals surface area contributed by atoms with Crippen molar-refractivity contribution < 1.29 is 19.1 Å².